The maximum atomic E-state index is 12.1. The molecule has 2 rings (SSSR count). The Labute approximate surface area is 135 Å². The van der Waals surface area contributed by atoms with Gasteiger partial charge in [-0.3, -0.25) is 0 Å². The highest BCUT2D eigenvalue weighted by molar-refractivity contribution is 14.1. The van der Waals surface area contributed by atoms with Gasteiger partial charge in [0.05, 0.1) is 11.7 Å². The van der Waals surface area contributed by atoms with Gasteiger partial charge in [0, 0.05) is 17.5 Å². The summed E-state index contributed by atoms with van der Waals surface area (Å²) in [6.07, 6.45) is 5.67. The third-order valence-electron chi connectivity index (χ3n) is 4.07. The van der Waals surface area contributed by atoms with E-state index in [0.717, 1.165) is 36.8 Å². The van der Waals surface area contributed by atoms with Crippen LogP contribution >= 0.6 is 22.6 Å². The molecule has 1 amide bonds. The van der Waals surface area contributed by atoms with Crippen LogP contribution in [-0.4, -0.2) is 45.8 Å². The van der Waals surface area contributed by atoms with E-state index in [1.807, 2.05) is 25.7 Å². The van der Waals surface area contributed by atoms with E-state index in [9.17, 15) is 4.79 Å². The van der Waals surface area contributed by atoms with Gasteiger partial charge in [-0.1, -0.05) is 22.6 Å². The number of hydrogen-bond donors (Lipinski definition) is 0. The van der Waals surface area contributed by atoms with Crippen LogP contribution in [0, 0.1) is 0 Å². The molecular weight excluding hydrogens is 369 g/mol. The van der Waals surface area contributed by atoms with Gasteiger partial charge < -0.3 is 14.4 Å². The minimum atomic E-state index is -0.417. The van der Waals surface area contributed by atoms with Crippen molar-refractivity contribution in [3.8, 4) is 0 Å². The summed E-state index contributed by atoms with van der Waals surface area (Å²) >= 11 is 2.41. The SMILES string of the molecule is CC(C)(C)OC(=O)N1CCC2(CCCC(CI)O2)CC1. The Morgan fingerprint density at radius 3 is 2.55 bits per heavy atom. The van der Waals surface area contributed by atoms with Crippen molar-refractivity contribution in [2.24, 2.45) is 0 Å². The molecule has 5 heteroatoms. The second-order valence-corrected chi connectivity index (χ2v) is 7.82. The van der Waals surface area contributed by atoms with Gasteiger partial charge >= 0.3 is 6.09 Å². The third kappa shape index (κ3) is 4.23. The lowest BCUT2D eigenvalue weighted by molar-refractivity contribution is -0.143. The minimum Gasteiger partial charge on any atom is -0.444 e. The zero-order valence-corrected chi connectivity index (χ0v) is 14.9. The van der Waals surface area contributed by atoms with E-state index in [4.69, 9.17) is 9.47 Å². The fraction of sp³-hybridized carbons (Fsp3) is 0.933. The number of carbonyl (C=O) groups is 1. The number of carbonyl (C=O) groups excluding carboxylic acids is 1. The monoisotopic (exact) mass is 395 g/mol. The zero-order chi connectivity index (χ0) is 14.8. The lowest BCUT2D eigenvalue weighted by Gasteiger charge is -2.46. The van der Waals surface area contributed by atoms with E-state index >= 15 is 0 Å². The highest BCUT2D eigenvalue weighted by atomic mass is 127. The van der Waals surface area contributed by atoms with Crippen molar-refractivity contribution in [3.05, 3.63) is 0 Å². The number of alkyl halides is 1. The van der Waals surface area contributed by atoms with Gasteiger partial charge in [-0.2, -0.15) is 0 Å². The molecule has 2 saturated heterocycles. The van der Waals surface area contributed by atoms with Gasteiger partial charge in [-0.05, 0) is 52.9 Å². The normalized spacial score (nSPS) is 26.6. The number of likely N-dealkylation sites (tertiary alicyclic amines) is 1. The van der Waals surface area contributed by atoms with Crippen molar-refractivity contribution in [1.82, 2.24) is 4.90 Å². The summed E-state index contributed by atoms with van der Waals surface area (Å²) in [5, 5.41) is 0. The number of ether oxygens (including phenoxy) is 2. The summed E-state index contributed by atoms with van der Waals surface area (Å²) < 4.78 is 12.8. The first-order valence-corrected chi connectivity index (χ1v) is 9.08. The minimum absolute atomic E-state index is 0.0204. The molecule has 0 aliphatic carbocycles. The van der Waals surface area contributed by atoms with E-state index in [1.165, 1.54) is 12.8 Å². The summed E-state index contributed by atoms with van der Waals surface area (Å²) in [4.78, 5) is 13.9. The predicted molar refractivity (Wildman–Crippen MR) is 87.4 cm³/mol. The van der Waals surface area contributed by atoms with E-state index in [1.54, 1.807) is 0 Å². The predicted octanol–water partition coefficient (Wildman–Crippen LogP) is 3.76. The second kappa shape index (κ2) is 6.38. The Balaban J connectivity index is 1.87. The van der Waals surface area contributed by atoms with Gasteiger partial charge in [0.1, 0.15) is 5.60 Å². The number of rotatable bonds is 1. The molecule has 4 nitrogen and oxygen atoms in total. The van der Waals surface area contributed by atoms with Crippen molar-refractivity contribution in [1.29, 1.82) is 0 Å². The first-order valence-electron chi connectivity index (χ1n) is 7.55. The topological polar surface area (TPSA) is 38.8 Å². The highest BCUT2D eigenvalue weighted by Gasteiger charge is 2.41. The Kier molecular flexibility index (Phi) is 5.21. The van der Waals surface area contributed by atoms with E-state index < -0.39 is 5.60 Å². The van der Waals surface area contributed by atoms with Crippen molar-refractivity contribution in [2.45, 2.75) is 70.2 Å². The van der Waals surface area contributed by atoms with Crippen molar-refractivity contribution < 1.29 is 14.3 Å². The molecule has 2 heterocycles. The van der Waals surface area contributed by atoms with Crippen LogP contribution in [0.3, 0.4) is 0 Å². The van der Waals surface area contributed by atoms with Crippen molar-refractivity contribution in [3.63, 3.8) is 0 Å². The van der Waals surface area contributed by atoms with Gasteiger partial charge in [-0.15, -0.1) is 0 Å². The molecule has 0 saturated carbocycles. The molecule has 0 aromatic rings. The first kappa shape index (κ1) is 16.3. The van der Waals surface area contributed by atoms with E-state index in [-0.39, 0.29) is 11.7 Å². The second-order valence-electron chi connectivity index (χ2n) is 6.94. The number of piperidine rings is 1. The summed E-state index contributed by atoms with van der Waals surface area (Å²) in [5.41, 5.74) is -0.396. The molecule has 0 aromatic heterocycles. The largest absolute Gasteiger partial charge is 0.444 e. The zero-order valence-electron chi connectivity index (χ0n) is 12.8. The number of halogens is 1. The molecule has 0 N–H and O–H groups in total. The number of nitrogens with zero attached hydrogens (tertiary/aromatic N) is 1. The molecule has 0 radical (unpaired) electrons. The van der Waals surface area contributed by atoms with Crippen molar-refractivity contribution in [2.75, 3.05) is 17.5 Å². The molecule has 1 atom stereocenters. The first-order chi connectivity index (χ1) is 9.34. The molecule has 116 valence electrons. The Bertz CT molecular complexity index is 346. The van der Waals surface area contributed by atoms with Gasteiger partial charge in [-0.25, -0.2) is 4.79 Å². The molecule has 2 aliphatic heterocycles. The summed E-state index contributed by atoms with van der Waals surface area (Å²) in [6, 6.07) is 0. The summed E-state index contributed by atoms with van der Waals surface area (Å²) in [6.45, 7) is 7.23. The maximum Gasteiger partial charge on any atom is 0.410 e. The van der Waals surface area contributed by atoms with Crippen molar-refractivity contribution >= 4 is 28.7 Å². The van der Waals surface area contributed by atoms with E-state index in [2.05, 4.69) is 22.6 Å². The highest BCUT2D eigenvalue weighted by Crippen LogP contribution is 2.38. The smallest absolute Gasteiger partial charge is 0.410 e. The van der Waals surface area contributed by atoms with Crippen LogP contribution in [0.4, 0.5) is 4.79 Å². The summed E-state index contributed by atoms with van der Waals surface area (Å²) in [5.74, 6) is 0. The van der Waals surface area contributed by atoms with Gasteiger partial charge in [0.2, 0.25) is 0 Å². The van der Waals surface area contributed by atoms with Crippen LogP contribution in [0.2, 0.25) is 0 Å². The lowest BCUT2D eigenvalue weighted by atomic mass is 9.83. The molecule has 1 unspecified atom stereocenters. The maximum absolute atomic E-state index is 12.1. The molecule has 2 fully saturated rings. The fourth-order valence-corrected chi connectivity index (χ4v) is 3.64. The molecular formula is C15H26INO3. The van der Waals surface area contributed by atoms with Crippen LogP contribution < -0.4 is 0 Å². The molecule has 0 aromatic carbocycles. The molecule has 20 heavy (non-hydrogen) atoms. The van der Waals surface area contributed by atoms with Crippen LogP contribution in [0.15, 0.2) is 0 Å². The van der Waals surface area contributed by atoms with Crippen LogP contribution in [0.5, 0.6) is 0 Å². The standard InChI is InChI=1S/C15H26INO3/c1-14(2,3)20-13(18)17-9-7-15(8-10-17)6-4-5-12(11-16)19-15/h12H,4-11H2,1-3H3. The molecule has 1 spiro atoms. The number of amides is 1. The van der Waals surface area contributed by atoms with Crippen LogP contribution in [0.25, 0.3) is 0 Å². The Hall–Kier alpha value is -0.0400. The average molecular weight is 395 g/mol. The quantitative estimate of drug-likeness (QED) is 0.501. The molecule has 0 bridgehead atoms. The number of hydrogen-bond acceptors (Lipinski definition) is 3. The lowest BCUT2D eigenvalue weighted by Crippen LogP contribution is -2.52. The summed E-state index contributed by atoms with van der Waals surface area (Å²) in [7, 11) is 0. The van der Waals surface area contributed by atoms with Crippen LogP contribution in [-0.2, 0) is 9.47 Å². The van der Waals surface area contributed by atoms with Gasteiger partial charge in [0.25, 0.3) is 0 Å². The van der Waals surface area contributed by atoms with E-state index in [0.29, 0.717) is 6.10 Å². The third-order valence-corrected chi connectivity index (χ3v) is 5.06. The van der Waals surface area contributed by atoms with Crippen LogP contribution in [0.1, 0.15) is 52.9 Å². The Morgan fingerprint density at radius 1 is 1.35 bits per heavy atom. The van der Waals surface area contributed by atoms with Gasteiger partial charge in [0.15, 0.2) is 0 Å². The average Bonchev–Trinajstić information content (AvgIpc) is 2.37. The fourth-order valence-electron chi connectivity index (χ4n) is 3.02. The Morgan fingerprint density at radius 2 is 2.00 bits per heavy atom. The molecule has 2 aliphatic rings.